The number of hydrogen-bond donors (Lipinski definition) is 1. The Morgan fingerprint density at radius 3 is 2.58 bits per heavy atom. The van der Waals surface area contributed by atoms with Crippen LogP contribution in [0.2, 0.25) is 0 Å². The third-order valence-electron chi connectivity index (χ3n) is 2.91. The van der Waals surface area contributed by atoms with Crippen LogP contribution in [0.25, 0.3) is 0 Å². The van der Waals surface area contributed by atoms with Crippen LogP contribution >= 0.6 is 11.3 Å². The van der Waals surface area contributed by atoms with Crippen molar-refractivity contribution >= 4 is 31.2 Å². The summed E-state index contributed by atoms with van der Waals surface area (Å²) in [7, 11) is -4.83. The lowest BCUT2D eigenvalue weighted by molar-refractivity contribution is 0.432. The molecule has 1 aromatic rings. The van der Waals surface area contributed by atoms with Crippen LogP contribution < -0.4 is 5.32 Å². The molecule has 1 aliphatic heterocycles. The summed E-state index contributed by atoms with van der Waals surface area (Å²) < 4.78 is 48.8. The van der Waals surface area contributed by atoms with Crippen LogP contribution in [-0.2, 0) is 26.4 Å². The first-order chi connectivity index (χ1) is 8.85. The maximum atomic E-state index is 12.3. The van der Waals surface area contributed by atoms with E-state index in [1.165, 1.54) is 15.6 Å². The van der Waals surface area contributed by atoms with Crippen molar-refractivity contribution in [3.63, 3.8) is 0 Å². The van der Waals surface area contributed by atoms with Gasteiger partial charge in [0, 0.05) is 19.6 Å². The Morgan fingerprint density at radius 2 is 2.00 bits per heavy atom. The molecule has 1 saturated heterocycles. The van der Waals surface area contributed by atoms with Crippen molar-refractivity contribution in [2.45, 2.75) is 10.8 Å². The third-order valence-corrected chi connectivity index (χ3v) is 7.88. The lowest BCUT2D eigenvalue weighted by Gasteiger charge is -2.25. The van der Waals surface area contributed by atoms with Crippen LogP contribution in [0.5, 0.6) is 0 Å². The van der Waals surface area contributed by atoms with E-state index in [-0.39, 0.29) is 28.8 Å². The minimum absolute atomic E-state index is 0.0456. The zero-order chi connectivity index (χ0) is 14.1. The third kappa shape index (κ3) is 3.34. The van der Waals surface area contributed by atoms with Gasteiger partial charge >= 0.3 is 0 Å². The average molecular weight is 324 g/mol. The lowest BCUT2D eigenvalue weighted by Crippen LogP contribution is -2.43. The van der Waals surface area contributed by atoms with Crippen molar-refractivity contribution in [2.24, 2.45) is 0 Å². The maximum absolute atomic E-state index is 12.3. The van der Waals surface area contributed by atoms with E-state index in [9.17, 15) is 16.8 Å². The first kappa shape index (κ1) is 14.9. The summed E-state index contributed by atoms with van der Waals surface area (Å²) in [6, 6.07) is 1.64. The number of sulfone groups is 1. The quantitative estimate of drug-likeness (QED) is 0.835. The molecule has 1 fully saturated rings. The van der Waals surface area contributed by atoms with Gasteiger partial charge in [-0.2, -0.15) is 4.31 Å². The highest BCUT2D eigenvalue weighted by Crippen LogP contribution is 2.25. The first-order valence-corrected chi connectivity index (χ1v) is 9.92. The zero-order valence-corrected chi connectivity index (χ0v) is 12.9. The number of nitrogens with zero attached hydrogens (tertiary/aromatic N) is 1. The van der Waals surface area contributed by atoms with Gasteiger partial charge in [0.15, 0.2) is 9.84 Å². The van der Waals surface area contributed by atoms with Crippen molar-refractivity contribution in [3.8, 4) is 0 Å². The number of rotatable bonds is 4. The van der Waals surface area contributed by atoms with Gasteiger partial charge < -0.3 is 5.32 Å². The SMILES string of the molecule is CNCc1csc(S(=O)(=O)N2CCS(=O)(=O)CC2)c1. The van der Waals surface area contributed by atoms with Gasteiger partial charge in [-0.15, -0.1) is 11.3 Å². The topological polar surface area (TPSA) is 83.6 Å². The van der Waals surface area contributed by atoms with Crippen LogP contribution in [0.4, 0.5) is 0 Å². The van der Waals surface area contributed by atoms with Gasteiger partial charge in [0.2, 0.25) is 0 Å². The predicted molar refractivity (Wildman–Crippen MR) is 74.5 cm³/mol. The van der Waals surface area contributed by atoms with Crippen molar-refractivity contribution in [3.05, 3.63) is 17.0 Å². The summed E-state index contributed by atoms with van der Waals surface area (Å²) in [5.74, 6) is -0.193. The lowest BCUT2D eigenvalue weighted by atomic mass is 10.3. The molecule has 2 rings (SSSR count). The molecular weight excluding hydrogens is 308 g/mol. The number of thiophene rings is 1. The molecular formula is C10H16N2O4S3. The largest absolute Gasteiger partial charge is 0.316 e. The minimum Gasteiger partial charge on any atom is -0.316 e. The molecule has 0 aromatic carbocycles. The van der Waals surface area contributed by atoms with E-state index in [2.05, 4.69) is 5.32 Å². The Hall–Kier alpha value is -0.480. The summed E-state index contributed by atoms with van der Waals surface area (Å²) in [5.41, 5.74) is 0.913. The number of hydrogen-bond acceptors (Lipinski definition) is 6. The highest BCUT2D eigenvalue weighted by molar-refractivity contribution is 7.92. The smallest absolute Gasteiger partial charge is 0.252 e. The highest BCUT2D eigenvalue weighted by Gasteiger charge is 2.31. The Morgan fingerprint density at radius 1 is 1.37 bits per heavy atom. The highest BCUT2D eigenvalue weighted by atomic mass is 32.2. The van der Waals surface area contributed by atoms with Gasteiger partial charge in [0.05, 0.1) is 11.5 Å². The monoisotopic (exact) mass is 324 g/mol. The van der Waals surface area contributed by atoms with E-state index < -0.39 is 19.9 Å². The molecule has 0 saturated carbocycles. The van der Waals surface area contributed by atoms with Gasteiger partial charge in [-0.3, -0.25) is 0 Å². The van der Waals surface area contributed by atoms with Crippen LogP contribution in [-0.4, -0.2) is 52.8 Å². The van der Waals surface area contributed by atoms with Gasteiger partial charge in [-0.1, -0.05) is 0 Å². The molecule has 0 spiro atoms. The summed E-state index contributed by atoms with van der Waals surface area (Å²) in [6.07, 6.45) is 0. The number of nitrogens with one attached hydrogen (secondary N) is 1. The van der Waals surface area contributed by atoms with E-state index in [1.807, 2.05) is 0 Å². The van der Waals surface area contributed by atoms with Crippen molar-refractivity contribution in [1.29, 1.82) is 0 Å². The van der Waals surface area contributed by atoms with E-state index >= 15 is 0 Å². The van der Waals surface area contributed by atoms with Crippen molar-refractivity contribution in [2.75, 3.05) is 31.6 Å². The molecule has 0 bridgehead atoms. The Balaban J connectivity index is 2.18. The second-order valence-corrected chi connectivity index (χ2v) is 9.74. The standard InChI is InChI=1S/C10H16N2O4S3/c1-11-7-9-6-10(17-8-9)19(15,16)12-2-4-18(13,14)5-3-12/h6,8,11H,2-5,7H2,1H3. The van der Waals surface area contributed by atoms with Gasteiger partial charge in [-0.25, -0.2) is 16.8 Å². The van der Waals surface area contributed by atoms with Gasteiger partial charge in [0.1, 0.15) is 4.21 Å². The summed E-state index contributed by atoms with van der Waals surface area (Å²) >= 11 is 1.17. The molecule has 0 atom stereocenters. The van der Waals surface area contributed by atoms with E-state index in [0.29, 0.717) is 6.54 Å². The molecule has 19 heavy (non-hydrogen) atoms. The Bertz CT molecular complexity index is 634. The van der Waals surface area contributed by atoms with Crippen molar-refractivity contribution in [1.82, 2.24) is 9.62 Å². The fraction of sp³-hybridized carbons (Fsp3) is 0.600. The van der Waals surface area contributed by atoms with Crippen LogP contribution in [0.3, 0.4) is 0 Å². The molecule has 1 aromatic heterocycles. The molecule has 0 aliphatic carbocycles. The second-order valence-electron chi connectivity index (χ2n) is 4.36. The molecule has 2 heterocycles. The second kappa shape index (κ2) is 5.49. The summed E-state index contributed by atoms with van der Waals surface area (Å²) in [6.45, 7) is 0.703. The van der Waals surface area contributed by atoms with Crippen molar-refractivity contribution < 1.29 is 16.8 Å². The molecule has 6 nitrogen and oxygen atoms in total. The van der Waals surface area contributed by atoms with Crippen LogP contribution in [0.15, 0.2) is 15.7 Å². The normalized spacial score (nSPS) is 20.5. The van der Waals surface area contributed by atoms with E-state index in [0.717, 1.165) is 5.56 Å². The summed E-state index contributed by atoms with van der Waals surface area (Å²) in [5, 5.41) is 4.75. The number of sulfonamides is 1. The van der Waals surface area contributed by atoms with E-state index in [1.54, 1.807) is 18.5 Å². The minimum atomic E-state index is -3.55. The average Bonchev–Trinajstić information content (AvgIpc) is 2.78. The predicted octanol–water partition coefficient (Wildman–Crippen LogP) is -0.113. The van der Waals surface area contributed by atoms with Crippen LogP contribution in [0, 0.1) is 0 Å². The van der Waals surface area contributed by atoms with Crippen LogP contribution in [0.1, 0.15) is 5.56 Å². The Labute approximate surface area is 117 Å². The van der Waals surface area contributed by atoms with Gasteiger partial charge in [0.25, 0.3) is 10.0 Å². The van der Waals surface area contributed by atoms with Gasteiger partial charge in [-0.05, 0) is 24.1 Å². The fourth-order valence-corrected chi connectivity index (χ4v) is 6.08. The van der Waals surface area contributed by atoms with E-state index in [4.69, 9.17) is 0 Å². The molecule has 0 unspecified atom stereocenters. The molecule has 108 valence electrons. The molecule has 0 radical (unpaired) electrons. The maximum Gasteiger partial charge on any atom is 0.252 e. The molecule has 9 heteroatoms. The zero-order valence-electron chi connectivity index (χ0n) is 10.5. The first-order valence-electron chi connectivity index (χ1n) is 5.78. The Kier molecular flexibility index (Phi) is 4.31. The molecule has 0 amide bonds. The molecule has 1 aliphatic rings. The molecule has 1 N–H and O–H groups in total. The summed E-state index contributed by atoms with van der Waals surface area (Å²) in [4.78, 5) is 0. The fourth-order valence-electron chi connectivity index (χ4n) is 1.85.